The molecule has 0 bridgehead atoms. The van der Waals surface area contributed by atoms with Crippen LogP contribution in [0.4, 0.5) is 4.39 Å². The Bertz CT molecular complexity index is 495. The molecule has 0 spiro atoms. The molecule has 0 fully saturated rings. The molecule has 0 aliphatic heterocycles. The first-order valence-electron chi connectivity index (χ1n) is 6.79. The third kappa shape index (κ3) is 6.04. The number of nitrogens with two attached hydrogens (primary N) is 1. The molecule has 4 N–H and O–H groups in total. The normalized spacial score (nSPS) is 13.4. The molecule has 1 aromatic heterocycles. The van der Waals surface area contributed by atoms with Crippen LogP contribution in [-0.2, 0) is 16.0 Å². The fourth-order valence-electron chi connectivity index (χ4n) is 1.84. The number of pyridine rings is 1. The van der Waals surface area contributed by atoms with E-state index in [2.05, 4.69) is 4.98 Å². The lowest BCUT2D eigenvalue weighted by molar-refractivity contribution is -0.143. The Labute approximate surface area is 126 Å². The van der Waals surface area contributed by atoms with Crippen LogP contribution < -0.4 is 10.5 Å². The van der Waals surface area contributed by atoms with Gasteiger partial charge in [0.2, 0.25) is 0 Å². The lowest BCUT2D eigenvalue weighted by Crippen LogP contribution is -2.31. The van der Waals surface area contributed by atoms with Gasteiger partial charge in [-0.15, -0.1) is 0 Å². The maximum atomic E-state index is 12.0. The van der Waals surface area contributed by atoms with Gasteiger partial charge in [-0.1, -0.05) is 0 Å². The molecule has 0 amide bonds. The maximum Gasteiger partial charge on any atom is 0.320 e. The number of aliphatic carboxylic acids is 2. The second kappa shape index (κ2) is 8.93. The highest BCUT2D eigenvalue weighted by Crippen LogP contribution is 2.16. The summed E-state index contributed by atoms with van der Waals surface area (Å²) < 4.78 is 17.0. The van der Waals surface area contributed by atoms with Gasteiger partial charge in [0.25, 0.3) is 0 Å². The van der Waals surface area contributed by atoms with Crippen LogP contribution in [0.3, 0.4) is 0 Å². The SMILES string of the molecule is N[C@H](CCC(Cc1ccc(OCC[18F])cn1)C(=O)O)C(=O)O. The Hall–Kier alpha value is -2.22. The zero-order chi connectivity index (χ0) is 16.5. The van der Waals surface area contributed by atoms with Gasteiger partial charge in [-0.3, -0.25) is 14.6 Å². The quantitative estimate of drug-likeness (QED) is 0.585. The molecule has 0 saturated heterocycles. The fraction of sp³-hybridized carbons (Fsp3) is 0.500. The molecule has 1 heterocycles. The Morgan fingerprint density at radius 3 is 2.50 bits per heavy atom. The van der Waals surface area contributed by atoms with E-state index in [4.69, 9.17) is 15.6 Å². The van der Waals surface area contributed by atoms with E-state index in [0.29, 0.717) is 11.4 Å². The number of carboxylic acids is 2. The lowest BCUT2D eigenvalue weighted by atomic mass is 9.95. The summed E-state index contributed by atoms with van der Waals surface area (Å²) in [5.74, 6) is -2.55. The molecule has 0 saturated carbocycles. The first-order chi connectivity index (χ1) is 10.4. The number of alkyl halides is 1. The van der Waals surface area contributed by atoms with Crippen LogP contribution in [0, 0.1) is 5.92 Å². The van der Waals surface area contributed by atoms with E-state index < -0.39 is 30.6 Å². The number of rotatable bonds is 10. The topological polar surface area (TPSA) is 123 Å². The second-order valence-corrected chi connectivity index (χ2v) is 4.78. The zero-order valence-electron chi connectivity index (χ0n) is 11.9. The highest BCUT2D eigenvalue weighted by molar-refractivity contribution is 5.73. The van der Waals surface area contributed by atoms with Crippen molar-refractivity contribution in [3.8, 4) is 5.75 Å². The van der Waals surface area contributed by atoms with E-state index >= 15 is 0 Å². The van der Waals surface area contributed by atoms with E-state index in [0.717, 1.165) is 0 Å². The van der Waals surface area contributed by atoms with Crippen LogP contribution >= 0.6 is 0 Å². The molecule has 0 aromatic carbocycles. The molecule has 2 atom stereocenters. The predicted octanol–water partition coefficient (Wildman–Crippen LogP) is 0.865. The Morgan fingerprint density at radius 1 is 1.27 bits per heavy atom. The largest absolute Gasteiger partial charge is 0.489 e. The molecule has 8 heteroatoms. The summed E-state index contributed by atoms with van der Waals surface area (Å²) in [6.07, 6.45) is 1.77. The van der Waals surface area contributed by atoms with Crippen LogP contribution in [0.1, 0.15) is 18.5 Å². The van der Waals surface area contributed by atoms with Crippen LogP contribution in [-0.4, -0.2) is 46.5 Å². The molecule has 0 aliphatic carbocycles. The molecule has 1 rings (SSSR count). The average molecular weight is 313 g/mol. The van der Waals surface area contributed by atoms with Crippen molar-refractivity contribution in [2.45, 2.75) is 25.3 Å². The summed E-state index contributed by atoms with van der Waals surface area (Å²) in [5.41, 5.74) is 5.90. The van der Waals surface area contributed by atoms with Crippen LogP contribution in [0.5, 0.6) is 5.75 Å². The fourth-order valence-corrected chi connectivity index (χ4v) is 1.84. The predicted molar refractivity (Wildman–Crippen MR) is 75.4 cm³/mol. The zero-order valence-corrected chi connectivity index (χ0v) is 11.9. The minimum atomic E-state index is -1.16. The second-order valence-electron chi connectivity index (χ2n) is 4.78. The molecular weight excluding hydrogens is 294 g/mol. The molecule has 7 nitrogen and oxygen atoms in total. The Morgan fingerprint density at radius 2 is 2.00 bits per heavy atom. The number of nitrogens with zero attached hydrogens (tertiary/aromatic N) is 1. The van der Waals surface area contributed by atoms with Gasteiger partial charge in [0.1, 0.15) is 25.1 Å². The van der Waals surface area contributed by atoms with Gasteiger partial charge < -0.3 is 20.7 Å². The smallest absolute Gasteiger partial charge is 0.320 e. The minimum absolute atomic E-state index is 0.0636. The standard InChI is InChI=1S/C14H19FN2O5/c15-5-6-22-11-3-2-10(17-8-11)7-9(13(18)19)1-4-12(16)14(20)21/h2-3,8-9,12H,1,4-7,16H2,(H,18,19)(H,20,21)/t9?,12-/m1/s1/i15-1. The van der Waals surface area contributed by atoms with Crippen molar-refractivity contribution in [2.75, 3.05) is 13.3 Å². The van der Waals surface area contributed by atoms with E-state index in [1.165, 1.54) is 6.20 Å². The van der Waals surface area contributed by atoms with Gasteiger partial charge in [0.15, 0.2) is 0 Å². The summed E-state index contributed by atoms with van der Waals surface area (Å²) in [6, 6.07) is 2.10. The highest BCUT2D eigenvalue weighted by atomic mass is 18.2. The van der Waals surface area contributed by atoms with Gasteiger partial charge in [0, 0.05) is 12.1 Å². The number of ether oxygens (including phenoxy) is 1. The van der Waals surface area contributed by atoms with Crippen LogP contribution in [0.25, 0.3) is 0 Å². The first-order valence-corrected chi connectivity index (χ1v) is 6.79. The van der Waals surface area contributed by atoms with Crippen molar-refractivity contribution in [2.24, 2.45) is 11.7 Å². The number of carboxylic acid groups (broad SMARTS) is 2. The van der Waals surface area contributed by atoms with E-state index in [9.17, 15) is 19.1 Å². The monoisotopic (exact) mass is 313 g/mol. The van der Waals surface area contributed by atoms with Gasteiger partial charge in [0.05, 0.1) is 12.1 Å². The summed E-state index contributed by atoms with van der Waals surface area (Å²) in [5, 5.41) is 17.9. The molecule has 122 valence electrons. The minimum Gasteiger partial charge on any atom is -0.489 e. The molecule has 1 unspecified atom stereocenters. The summed E-state index contributed by atoms with van der Waals surface area (Å²) in [6.45, 7) is -0.668. The Balaban J connectivity index is 2.59. The number of hydrogen-bond acceptors (Lipinski definition) is 5. The van der Waals surface area contributed by atoms with Gasteiger partial charge >= 0.3 is 11.9 Å². The molecular formula is C14H19FN2O5. The van der Waals surface area contributed by atoms with Crippen molar-refractivity contribution in [3.05, 3.63) is 24.0 Å². The lowest BCUT2D eigenvalue weighted by Gasteiger charge is -2.13. The van der Waals surface area contributed by atoms with E-state index in [1.54, 1.807) is 12.1 Å². The third-order valence-electron chi connectivity index (χ3n) is 3.09. The molecule has 22 heavy (non-hydrogen) atoms. The first kappa shape index (κ1) is 17.8. The maximum absolute atomic E-state index is 12.0. The van der Waals surface area contributed by atoms with Crippen molar-refractivity contribution >= 4 is 11.9 Å². The average Bonchev–Trinajstić information content (AvgIpc) is 2.49. The Kier molecular flexibility index (Phi) is 7.24. The van der Waals surface area contributed by atoms with Crippen molar-refractivity contribution in [3.63, 3.8) is 0 Å². The molecule has 1 aromatic rings. The van der Waals surface area contributed by atoms with Crippen molar-refractivity contribution in [1.82, 2.24) is 4.98 Å². The number of hydrogen-bond donors (Lipinski definition) is 3. The number of aromatic nitrogens is 1. The van der Waals surface area contributed by atoms with Crippen molar-refractivity contribution in [1.29, 1.82) is 0 Å². The van der Waals surface area contributed by atoms with Crippen molar-refractivity contribution < 1.29 is 28.9 Å². The van der Waals surface area contributed by atoms with Crippen LogP contribution in [0.2, 0.25) is 0 Å². The molecule has 0 radical (unpaired) electrons. The summed E-state index contributed by atoms with van der Waals surface area (Å²) >= 11 is 0. The van der Waals surface area contributed by atoms with Gasteiger partial charge in [-0.05, 0) is 25.0 Å². The van der Waals surface area contributed by atoms with Gasteiger partial charge in [-0.2, -0.15) is 0 Å². The number of halogens is 1. The van der Waals surface area contributed by atoms with Gasteiger partial charge in [-0.25, -0.2) is 4.39 Å². The van der Waals surface area contributed by atoms with Crippen LogP contribution in [0.15, 0.2) is 18.3 Å². The summed E-state index contributed by atoms with van der Waals surface area (Å²) in [7, 11) is 0. The molecule has 0 aliphatic rings. The van der Waals surface area contributed by atoms with E-state index in [-0.39, 0.29) is 25.9 Å². The summed E-state index contributed by atoms with van der Waals surface area (Å²) in [4.78, 5) is 25.9. The highest BCUT2D eigenvalue weighted by Gasteiger charge is 2.21. The van der Waals surface area contributed by atoms with E-state index in [1.807, 2.05) is 0 Å². The number of carbonyl (C=O) groups is 2. The third-order valence-corrected chi connectivity index (χ3v) is 3.09.